The number of ether oxygens (including phenoxy) is 1. The number of carbonyl (C=O) groups is 2. The smallest absolute Gasteiger partial charge is 0.242 e. The van der Waals surface area contributed by atoms with Gasteiger partial charge in [0.15, 0.2) is 0 Å². The number of rotatable bonds is 9. The fraction of sp³-hybridized carbons (Fsp3) is 0.231. The zero-order valence-corrected chi connectivity index (χ0v) is 18.0. The molecule has 0 heterocycles. The van der Waals surface area contributed by atoms with Crippen molar-refractivity contribution in [2.45, 2.75) is 25.4 Å². The molecule has 0 bridgehead atoms. The predicted molar refractivity (Wildman–Crippen MR) is 122 cm³/mol. The van der Waals surface area contributed by atoms with Crippen molar-refractivity contribution in [1.82, 2.24) is 10.2 Å². The Hall–Kier alpha value is -3.60. The lowest BCUT2D eigenvalue weighted by molar-refractivity contribution is -0.140. The summed E-state index contributed by atoms with van der Waals surface area (Å²) in [5.41, 5.74) is 2.86. The van der Waals surface area contributed by atoms with Gasteiger partial charge in [-0.2, -0.15) is 0 Å². The van der Waals surface area contributed by atoms with Crippen molar-refractivity contribution in [2.24, 2.45) is 0 Å². The van der Waals surface area contributed by atoms with Crippen LogP contribution in [-0.4, -0.2) is 36.9 Å². The maximum absolute atomic E-state index is 13.4. The minimum absolute atomic E-state index is 0.0986. The third kappa shape index (κ3) is 6.19. The molecule has 1 atom stereocenters. The number of likely N-dealkylation sites (N-methyl/N-ethyl adjacent to an activating group) is 1. The van der Waals surface area contributed by atoms with E-state index in [4.69, 9.17) is 4.74 Å². The van der Waals surface area contributed by atoms with Crippen LogP contribution in [0.25, 0.3) is 0 Å². The second kappa shape index (κ2) is 11.0. The van der Waals surface area contributed by atoms with Gasteiger partial charge >= 0.3 is 0 Å². The zero-order chi connectivity index (χ0) is 22.1. The Morgan fingerprint density at radius 1 is 0.839 bits per heavy atom. The van der Waals surface area contributed by atoms with Crippen LogP contribution in [0.5, 0.6) is 5.75 Å². The number of benzene rings is 3. The highest BCUT2D eigenvalue weighted by Crippen LogP contribution is 2.18. The van der Waals surface area contributed by atoms with Gasteiger partial charge in [0.25, 0.3) is 0 Å². The molecule has 0 saturated carbocycles. The van der Waals surface area contributed by atoms with Gasteiger partial charge in [0.2, 0.25) is 11.8 Å². The summed E-state index contributed by atoms with van der Waals surface area (Å²) in [6, 6.07) is 26.3. The molecule has 0 radical (unpaired) electrons. The van der Waals surface area contributed by atoms with Crippen molar-refractivity contribution in [3.8, 4) is 5.75 Å². The Labute approximate surface area is 183 Å². The second-order valence-electron chi connectivity index (χ2n) is 7.35. The topological polar surface area (TPSA) is 58.6 Å². The van der Waals surface area contributed by atoms with Gasteiger partial charge in [-0.3, -0.25) is 9.59 Å². The van der Waals surface area contributed by atoms with Gasteiger partial charge in [0, 0.05) is 20.0 Å². The van der Waals surface area contributed by atoms with Gasteiger partial charge < -0.3 is 15.0 Å². The molecular formula is C26H28N2O3. The van der Waals surface area contributed by atoms with Crippen molar-refractivity contribution in [3.05, 3.63) is 102 Å². The largest absolute Gasteiger partial charge is 0.497 e. The summed E-state index contributed by atoms with van der Waals surface area (Å²) in [6.07, 6.45) is 0.654. The molecule has 0 unspecified atom stereocenters. The van der Waals surface area contributed by atoms with Crippen LogP contribution in [0, 0.1) is 0 Å². The Bertz CT molecular complexity index is 973. The predicted octanol–water partition coefficient (Wildman–Crippen LogP) is 3.62. The highest BCUT2D eigenvalue weighted by molar-refractivity contribution is 5.88. The van der Waals surface area contributed by atoms with Gasteiger partial charge in [-0.1, -0.05) is 72.8 Å². The molecule has 0 aromatic heterocycles. The van der Waals surface area contributed by atoms with Gasteiger partial charge in [-0.25, -0.2) is 0 Å². The molecule has 31 heavy (non-hydrogen) atoms. The number of amides is 2. The van der Waals surface area contributed by atoms with Crippen LogP contribution in [0.15, 0.2) is 84.9 Å². The van der Waals surface area contributed by atoms with E-state index in [1.807, 2.05) is 84.9 Å². The lowest BCUT2D eigenvalue weighted by Crippen LogP contribution is -2.50. The van der Waals surface area contributed by atoms with Gasteiger partial charge in [-0.05, 0) is 28.8 Å². The first-order chi connectivity index (χ1) is 15.1. The molecule has 0 aliphatic carbocycles. The van der Waals surface area contributed by atoms with E-state index in [1.165, 1.54) is 0 Å². The van der Waals surface area contributed by atoms with E-state index in [0.717, 1.165) is 22.4 Å². The van der Waals surface area contributed by atoms with Crippen molar-refractivity contribution in [1.29, 1.82) is 0 Å². The van der Waals surface area contributed by atoms with Crippen LogP contribution in [-0.2, 0) is 29.0 Å². The summed E-state index contributed by atoms with van der Waals surface area (Å²) in [5.74, 6) is 0.464. The molecule has 3 rings (SSSR count). The number of hydrogen-bond acceptors (Lipinski definition) is 3. The molecule has 3 aromatic rings. The Morgan fingerprint density at radius 3 is 1.97 bits per heavy atom. The Kier molecular flexibility index (Phi) is 7.82. The zero-order valence-electron chi connectivity index (χ0n) is 18.0. The fourth-order valence-corrected chi connectivity index (χ4v) is 3.52. The second-order valence-corrected chi connectivity index (χ2v) is 7.35. The monoisotopic (exact) mass is 416 g/mol. The molecule has 160 valence electrons. The summed E-state index contributed by atoms with van der Waals surface area (Å²) in [4.78, 5) is 28.0. The fourth-order valence-electron chi connectivity index (χ4n) is 3.52. The van der Waals surface area contributed by atoms with Crippen molar-refractivity contribution in [3.63, 3.8) is 0 Å². The van der Waals surface area contributed by atoms with E-state index in [-0.39, 0.29) is 18.2 Å². The summed E-state index contributed by atoms with van der Waals surface area (Å²) in [7, 11) is 3.22. The molecule has 5 nitrogen and oxygen atoms in total. The van der Waals surface area contributed by atoms with E-state index in [2.05, 4.69) is 5.32 Å². The van der Waals surface area contributed by atoms with E-state index in [1.54, 1.807) is 19.1 Å². The molecule has 0 aliphatic heterocycles. The quantitative estimate of drug-likeness (QED) is 0.580. The van der Waals surface area contributed by atoms with Crippen molar-refractivity contribution in [2.75, 3.05) is 14.2 Å². The van der Waals surface area contributed by atoms with Crippen LogP contribution < -0.4 is 10.1 Å². The maximum Gasteiger partial charge on any atom is 0.242 e. The first kappa shape index (κ1) is 22.1. The van der Waals surface area contributed by atoms with Crippen LogP contribution in [0.3, 0.4) is 0 Å². The van der Waals surface area contributed by atoms with Crippen LogP contribution in [0.2, 0.25) is 0 Å². The molecule has 1 N–H and O–H groups in total. The number of nitrogens with zero attached hydrogens (tertiary/aromatic N) is 1. The molecule has 0 fully saturated rings. The SMILES string of the molecule is CNC(=O)[C@@H](Cc1ccccc1)N(Cc1ccccc1)C(=O)Cc1ccc(OC)cc1. The maximum atomic E-state index is 13.4. The average molecular weight is 417 g/mol. The Balaban J connectivity index is 1.89. The number of carbonyl (C=O) groups excluding carboxylic acids is 2. The van der Waals surface area contributed by atoms with Crippen molar-refractivity contribution >= 4 is 11.8 Å². The van der Waals surface area contributed by atoms with Gasteiger partial charge in [0.1, 0.15) is 11.8 Å². The van der Waals surface area contributed by atoms with Gasteiger partial charge in [-0.15, -0.1) is 0 Å². The number of nitrogens with one attached hydrogen (secondary N) is 1. The molecule has 5 heteroatoms. The minimum Gasteiger partial charge on any atom is -0.497 e. The molecular weight excluding hydrogens is 388 g/mol. The summed E-state index contributed by atoms with van der Waals surface area (Å²) in [6.45, 7) is 0.362. The van der Waals surface area contributed by atoms with E-state index < -0.39 is 6.04 Å². The third-order valence-corrected chi connectivity index (χ3v) is 5.23. The number of methoxy groups -OCH3 is 1. The third-order valence-electron chi connectivity index (χ3n) is 5.23. The molecule has 0 aliphatic rings. The van der Waals surface area contributed by atoms with Crippen LogP contribution in [0.4, 0.5) is 0 Å². The summed E-state index contributed by atoms with van der Waals surface area (Å²) in [5, 5.41) is 2.74. The van der Waals surface area contributed by atoms with E-state index in [9.17, 15) is 9.59 Å². The summed E-state index contributed by atoms with van der Waals surface area (Å²) >= 11 is 0. The van der Waals surface area contributed by atoms with Crippen LogP contribution >= 0.6 is 0 Å². The van der Waals surface area contributed by atoms with Gasteiger partial charge in [0.05, 0.1) is 13.5 Å². The highest BCUT2D eigenvalue weighted by Gasteiger charge is 2.29. The highest BCUT2D eigenvalue weighted by atomic mass is 16.5. The molecule has 2 amide bonds. The van der Waals surface area contributed by atoms with Crippen molar-refractivity contribution < 1.29 is 14.3 Å². The first-order valence-corrected chi connectivity index (χ1v) is 10.3. The summed E-state index contributed by atoms with van der Waals surface area (Å²) < 4.78 is 5.20. The normalized spacial score (nSPS) is 11.4. The van der Waals surface area contributed by atoms with E-state index >= 15 is 0 Å². The van der Waals surface area contributed by atoms with E-state index in [0.29, 0.717) is 13.0 Å². The lowest BCUT2D eigenvalue weighted by Gasteiger charge is -2.31. The first-order valence-electron chi connectivity index (χ1n) is 10.3. The minimum atomic E-state index is -0.613. The van der Waals surface area contributed by atoms with Crippen LogP contribution in [0.1, 0.15) is 16.7 Å². The number of hydrogen-bond donors (Lipinski definition) is 1. The Morgan fingerprint density at radius 2 is 1.42 bits per heavy atom. The standard InChI is InChI=1S/C26H28N2O3/c1-27-26(30)24(17-20-9-5-3-6-10-20)28(19-22-11-7-4-8-12-22)25(29)18-21-13-15-23(31-2)16-14-21/h3-16,24H,17-19H2,1-2H3,(H,27,30)/t24-/m1/s1. The molecule has 3 aromatic carbocycles. The lowest BCUT2D eigenvalue weighted by atomic mass is 10.0. The molecule has 0 saturated heterocycles. The molecule has 0 spiro atoms. The average Bonchev–Trinajstić information content (AvgIpc) is 2.82.